The van der Waals surface area contributed by atoms with E-state index in [-0.39, 0.29) is 0 Å². The van der Waals surface area contributed by atoms with Crippen LogP contribution in [0.5, 0.6) is 17.2 Å². The molecule has 1 atom stereocenters. The van der Waals surface area contributed by atoms with Crippen molar-refractivity contribution in [2.45, 2.75) is 20.0 Å². The Labute approximate surface area is 135 Å². The monoisotopic (exact) mass is 311 g/mol. The number of rotatable bonds is 6. The highest BCUT2D eigenvalue weighted by molar-refractivity contribution is 5.77. The zero-order valence-electron chi connectivity index (χ0n) is 13.0. The Balaban J connectivity index is 2.01. The third-order valence-corrected chi connectivity index (χ3v) is 2.99. The van der Waals surface area contributed by atoms with Gasteiger partial charge < -0.3 is 14.2 Å². The smallest absolute Gasteiger partial charge is 0.352 e. The fourth-order valence-corrected chi connectivity index (χ4v) is 1.86. The third-order valence-electron chi connectivity index (χ3n) is 2.99. The summed E-state index contributed by atoms with van der Waals surface area (Å²) in [7, 11) is 0. The van der Waals surface area contributed by atoms with Crippen LogP contribution >= 0.6 is 0 Å². The SMILES string of the molecule is CCOc1ccccc1OC(=O)C(C)Oc1ccc(C#N)cc1. The molecule has 2 rings (SSSR count). The standard InChI is InChI=1S/C18H17NO4/c1-3-21-16-6-4-5-7-17(16)23-18(20)13(2)22-15-10-8-14(12-19)9-11-15/h4-11,13H,3H2,1-2H3. The quantitative estimate of drug-likeness (QED) is 0.604. The van der Waals surface area contributed by atoms with Crippen LogP contribution < -0.4 is 14.2 Å². The van der Waals surface area contributed by atoms with Gasteiger partial charge in [0.15, 0.2) is 17.6 Å². The lowest BCUT2D eigenvalue weighted by atomic mass is 10.2. The summed E-state index contributed by atoms with van der Waals surface area (Å²) in [6, 6.07) is 15.5. The van der Waals surface area contributed by atoms with Crippen LogP contribution in [0.2, 0.25) is 0 Å². The van der Waals surface area contributed by atoms with Crippen LogP contribution in [0.3, 0.4) is 0 Å². The predicted molar refractivity (Wildman–Crippen MR) is 84.5 cm³/mol. The molecule has 2 aromatic carbocycles. The fraction of sp³-hybridized carbons (Fsp3) is 0.222. The normalized spacial score (nSPS) is 11.2. The maximum Gasteiger partial charge on any atom is 0.352 e. The first kappa shape index (κ1) is 16.4. The van der Waals surface area contributed by atoms with Crippen molar-refractivity contribution in [3.63, 3.8) is 0 Å². The molecule has 0 heterocycles. The van der Waals surface area contributed by atoms with Crippen molar-refractivity contribution in [1.29, 1.82) is 5.26 Å². The molecule has 0 saturated heterocycles. The van der Waals surface area contributed by atoms with E-state index in [0.717, 1.165) is 0 Å². The van der Waals surface area contributed by atoms with Crippen LogP contribution in [0.25, 0.3) is 0 Å². The first-order valence-corrected chi connectivity index (χ1v) is 7.24. The highest BCUT2D eigenvalue weighted by atomic mass is 16.6. The number of carbonyl (C=O) groups is 1. The van der Waals surface area contributed by atoms with Gasteiger partial charge in [0.05, 0.1) is 18.2 Å². The minimum Gasteiger partial charge on any atom is -0.490 e. The largest absolute Gasteiger partial charge is 0.490 e. The summed E-state index contributed by atoms with van der Waals surface area (Å²) < 4.78 is 16.3. The van der Waals surface area contributed by atoms with E-state index in [4.69, 9.17) is 19.5 Å². The van der Waals surface area contributed by atoms with Crippen LogP contribution in [0.15, 0.2) is 48.5 Å². The zero-order chi connectivity index (χ0) is 16.7. The maximum atomic E-state index is 12.1. The van der Waals surface area contributed by atoms with Gasteiger partial charge >= 0.3 is 5.97 Å². The van der Waals surface area contributed by atoms with Gasteiger partial charge in [-0.1, -0.05) is 12.1 Å². The molecule has 0 amide bonds. The van der Waals surface area contributed by atoms with E-state index in [0.29, 0.717) is 29.4 Å². The minimum absolute atomic E-state index is 0.356. The number of nitriles is 1. The average Bonchev–Trinajstić information content (AvgIpc) is 2.57. The number of carbonyl (C=O) groups excluding carboxylic acids is 1. The Morgan fingerprint density at radius 1 is 1.13 bits per heavy atom. The number of hydrogen-bond donors (Lipinski definition) is 0. The number of hydrogen-bond acceptors (Lipinski definition) is 5. The molecule has 118 valence electrons. The number of nitrogens with zero attached hydrogens (tertiary/aromatic N) is 1. The van der Waals surface area contributed by atoms with Crippen molar-refractivity contribution in [1.82, 2.24) is 0 Å². The fourth-order valence-electron chi connectivity index (χ4n) is 1.86. The van der Waals surface area contributed by atoms with Crippen molar-refractivity contribution in [3.8, 4) is 23.3 Å². The van der Waals surface area contributed by atoms with Crippen LogP contribution in [0, 0.1) is 11.3 Å². The van der Waals surface area contributed by atoms with E-state index in [1.165, 1.54) is 0 Å². The Hall–Kier alpha value is -3.00. The van der Waals surface area contributed by atoms with E-state index >= 15 is 0 Å². The second-order valence-electron chi connectivity index (χ2n) is 4.70. The summed E-state index contributed by atoms with van der Waals surface area (Å²) in [5.74, 6) is 0.830. The van der Waals surface area contributed by atoms with Crippen molar-refractivity contribution in [2.75, 3.05) is 6.61 Å². The molecular formula is C18H17NO4. The van der Waals surface area contributed by atoms with Crippen LogP contribution in [0.1, 0.15) is 19.4 Å². The van der Waals surface area contributed by atoms with Gasteiger partial charge in [0.1, 0.15) is 5.75 Å². The zero-order valence-corrected chi connectivity index (χ0v) is 13.0. The summed E-state index contributed by atoms with van der Waals surface area (Å²) >= 11 is 0. The average molecular weight is 311 g/mol. The lowest BCUT2D eigenvalue weighted by Crippen LogP contribution is -2.28. The van der Waals surface area contributed by atoms with Crippen molar-refractivity contribution in [2.24, 2.45) is 0 Å². The van der Waals surface area contributed by atoms with Crippen LogP contribution in [-0.4, -0.2) is 18.7 Å². The molecule has 0 aromatic heterocycles. The minimum atomic E-state index is -0.794. The molecule has 0 radical (unpaired) electrons. The highest BCUT2D eigenvalue weighted by Gasteiger charge is 2.19. The lowest BCUT2D eigenvalue weighted by molar-refractivity contribution is -0.141. The summed E-state index contributed by atoms with van der Waals surface area (Å²) in [4.78, 5) is 12.1. The lowest BCUT2D eigenvalue weighted by Gasteiger charge is -2.15. The van der Waals surface area contributed by atoms with Gasteiger partial charge in [0.2, 0.25) is 0 Å². The molecule has 0 N–H and O–H groups in total. The van der Waals surface area contributed by atoms with E-state index in [2.05, 4.69) is 0 Å². The molecule has 0 aliphatic rings. The highest BCUT2D eigenvalue weighted by Crippen LogP contribution is 2.27. The van der Waals surface area contributed by atoms with Gasteiger partial charge in [-0.15, -0.1) is 0 Å². The van der Waals surface area contributed by atoms with Crippen molar-refractivity contribution in [3.05, 3.63) is 54.1 Å². The predicted octanol–water partition coefficient (Wildman–Crippen LogP) is 3.33. The Morgan fingerprint density at radius 3 is 2.39 bits per heavy atom. The van der Waals surface area contributed by atoms with Crippen molar-refractivity contribution >= 4 is 5.97 Å². The first-order chi connectivity index (χ1) is 11.1. The van der Waals surface area contributed by atoms with Gasteiger partial charge in [-0.25, -0.2) is 4.79 Å². The van der Waals surface area contributed by atoms with Gasteiger partial charge in [-0.05, 0) is 50.2 Å². The third kappa shape index (κ3) is 4.48. The topological polar surface area (TPSA) is 68.6 Å². The van der Waals surface area contributed by atoms with E-state index in [1.54, 1.807) is 55.5 Å². The van der Waals surface area contributed by atoms with Gasteiger partial charge in [0.25, 0.3) is 0 Å². The molecule has 5 heteroatoms. The summed E-state index contributed by atoms with van der Waals surface area (Å²) in [5, 5.41) is 8.76. The molecule has 0 aliphatic heterocycles. The van der Waals surface area contributed by atoms with Crippen LogP contribution in [0.4, 0.5) is 0 Å². The second kappa shape index (κ2) is 7.85. The van der Waals surface area contributed by atoms with E-state index in [9.17, 15) is 4.79 Å². The number of ether oxygens (including phenoxy) is 3. The molecule has 23 heavy (non-hydrogen) atoms. The first-order valence-electron chi connectivity index (χ1n) is 7.24. The number of para-hydroxylation sites is 2. The van der Waals surface area contributed by atoms with Gasteiger partial charge in [0, 0.05) is 0 Å². The molecule has 0 aliphatic carbocycles. The summed E-state index contributed by atoms with van der Waals surface area (Å²) in [6.07, 6.45) is -0.794. The van der Waals surface area contributed by atoms with Crippen LogP contribution in [-0.2, 0) is 4.79 Å². The maximum absolute atomic E-state index is 12.1. The van der Waals surface area contributed by atoms with E-state index < -0.39 is 12.1 Å². The molecule has 0 fully saturated rings. The van der Waals surface area contributed by atoms with E-state index in [1.807, 2.05) is 13.0 Å². The molecular weight excluding hydrogens is 294 g/mol. The van der Waals surface area contributed by atoms with Crippen molar-refractivity contribution < 1.29 is 19.0 Å². The summed E-state index contributed by atoms with van der Waals surface area (Å²) in [5.41, 5.74) is 0.526. The molecule has 5 nitrogen and oxygen atoms in total. The molecule has 1 unspecified atom stereocenters. The number of benzene rings is 2. The summed E-state index contributed by atoms with van der Waals surface area (Å²) in [6.45, 7) is 3.94. The van der Waals surface area contributed by atoms with Gasteiger partial charge in [-0.2, -0.15) is 5.26 Å². The molecule has 0 spiro atoms. The molecule has 0 saturated carbocycles. The Kier molecular flexibility index (Phi) is 5.59. The molecule has 2 aromatic rings. The number of esters is 1. The second-order valence-corrected chi connectivity index (χ2v) is 4.70. The Bertz CT molecular complexity index is 704. The Morgan fingerprint density at radius 2 is 1.78 bits per heavy atom. The van der Waals surface area contributed by atoms with Gasteiger partial charge in [-0.3, -0.25) is 0 Å². The molecule has 0 bridgehead atoms.